The summed E-state index contributed by atoms with van der Waals surface area (Å²) in [5, 5.41) is 10.5. The summed E-state index contributed by atoms with van der Waals surface area (Å²) in [4.78, 5) is 12.9. The Morgan fingerprint density at radius 3 is 2.54 bits per heavy atom. The lowest BCUT2D eigenvalue weighted by molar-refractivity contribution is -0.312. The van der Waals surface area contributed by atoms with E-state index in [1.54, 1.807) is 0 Å². The fourth-order valence-corrected chi connectivity index (χ4v) is 1.77. The number of aliphatic carboxylic acids is 1. The van der Waals surface area contributed by atoms with Crippen LogP contribution in [-0.4, -0.2) is 30.5 Å². The molecule has 0 aliphatic carbocycles. The fourth-order valence-electron chi connectivity index (χ4n) is 1.77. The molecule has 76 valence electrons. The monoisotopic (exact) mass is 184 g/mol. The van der Waals surface area contributed by atoms with E-state index in [-0.39, 0.29) is 5.92 Å². The third kappa shape index (κ3) is 3.35. The molecule has 0 spiro atoms. The highest BCUT2D eigenvalue weighted by Crippen LogP contribution is 2.16. The quantitative estimate of drug-likeness (QED) is 0.629. The number of rotatable bonds is 4. The number of likely N-dealkylation sites (tertiary alicyclic amines) is 1. The van der Waals surface area contributed by atoms with Crippen molar-refractivity contribution in [3.8, 4) is 0 Å². The van der Waals surface area contributed by atoms with Gasteiger partial charge in [0.15, 0.2) is 0 Å². The van der Waals surface area contributed by atoms with Crippen molar-refractivity contribution < 1.29 is 9.90 Å². The molecule has 0 aromatic carbocycles. The average molecular weight is 184 g/mol. The molecule has 0 amide bonds. The maximum Gasteiger partial charge on any atom is 0.0446 e. The lowest BCUT2D eigenvalue weighted by Crippen LogP contribution is -2.41. The van der Waals surface area contributed by atoms with E-state index in [1.807, 2.05) is 0 Å². The number of hydrogen-bond donors (Lipinski definition) is 0. The van der Waals surface area contributed by atoms with Crippen molar-refractivity contribution in [1.82, 2.24) is 4.90 Å². The fraction of sp³-hybridized carbons (Fsp3) is 0.900. The molecule has 13 heavy (non-hydrogen) atoms. The Labute approximate surface area is 79.7 Å². The number of carbonyl (C=O) groups excluding carboxylic acids is 1. The van der Waals surface area contributed by atoms with Gasteiger partial charge in [0.1, 0.15) is 0 Å². The predicted octanol–water partition coefficient (Wildman–Crippen LogP) is 0.248. The van der Waals surface area contributed by atoms with Gasteiger partial charge < -0.3 is 14.8 Å². The minimum absolute atomic E-state index is 0.196. The molecule has 0 atom stereocenters. The molecule has 0 unspecified atom stereocenters. The van der Waals surface area contributed by atoms with Crippen LogP contribution < -0.4 is 5.11 Å². The SMILES string of the molecule is CCCCN1CCC(C(=O)[O-])CC1. The lowest BCUT2D eigenvalue weighted by Gasteiger charge is -2.32. The van der Waals surface area contributed by atoms with Crippen LogP contribution in [0.2, 0.25) is 0 Å². The molecule has 1 rings (SSSR count). The molecule has 3 nitrogen and oxygen atoms in total. The van der Waals surface area contributed by atoms with Crippen LogP contribution in [0, 0.1) is 5.92 Å². The predicted molar refractivity (Wildman–Crippen MR) is 49.1 cm³/mol. The molecule has 1 heterocycles. The molecule has 1 aliphatic heterocycles. The lowest BCUT2D eigenvalue weighted by atomic mass is 9.97. The molecule has 1 saturated heterocycles. The van der Waals surface area contributed by atoms with Gasteiger partial charge >= 0.3 is 0 Å². The Bertz CT molecular complexity index is 162. The van der Waals surface area contributed by atoms with Gasteiger partial charge in [-0.3, -0.25) is 0 Å². The first kappa shape index (κ1) is 10.5. The van der Waals surface area contributed by atoms with E-state index in [0.717, 1.165) is 32.5 Å². The van der Waals surface area contributed by atoms with Crippen LogP contribution in [-0.2, 0) is 4.79 Å². The van der Waals surface area contributed by atoms with Crippen molar-refractivity contribution in [2.24, 2.45) is 5.92 Å². The zero-order valence-corrected chi connectivity index (χ0v) is 8.29. The van der Waals surface area contributed by atoms with E-state index in [9.17, 15) is 9.90 Å². The largest absolute Gasteiger partial charge is 0.550 e. The van der Waals surface area contributed by atoms with Gasteiger partial charge in [-0.15, -0.1) is 0 Å². The minimum Gasteiger partial charge on any atom is -0.550 e. The van der Waals surface area contributed by atoms with Crippen molar-refractivity contribution in [2.75, 3.05) is 19.6 Å². The Morgan fingerprint density at radius 1 is 1.46 bits per heavy atom. The maximum absolute atomic E-state index is 10.5. The number of unbranched alkanes of at least 4 members (excludes halogenated alkanes) is 1. The topological polar surface area (TPSA) is 43.4 Å². The zero-order chi connectivity index (χ0) is 9.68. The molecular weight excluding hydrogens is 166 g/mol. The highest BCUT2D eigenvalue weighted by atomic mass is 16.4. The van der Waals surface area contributed by atoms with E-state index < -0.39 is 5.97 Å². The molecule has 1 fully saturated rings. The first-order chi connectivity index (χ1) is 6.24. The molecule has 0 saturated carbocycles. The molecule has 1 aliphatic rings. The normalized spacial score (nSPS) is 20.4. The second kappa shape index (κ2) is 5.22. The maximum atomic E-state index is 10.5. The summed E-state index contributed by atoms with van der Waals surface area (Å²) < 4.78 is 0. The average Bonchev–Trinajstić information content (AvgIpc) is 2.15. The highest BCUT2D eigenvalue weighted by Gasteiger charge is 2.18. The Kier molecular flexibility index (Phi) is 4.22. The van der Waals surface area contributed by atoms with Gasteiger partial charge in [0.2, 0.25) is 0 Å². The van der Waals surface area contributed by atoms with Crippen molar-refractivity contribution in [1.29, 1.82) is 0 Å². The molecule has 0 radical (unpaired) electrons. The zero-order valence-electron chi connectivity index (χ0n) is 8.29. The van der Waals surface area contributed by atoms with Crippen LogP contribution in [0.3, 0.4) is 0 Å². The Hall–Kier alpha value is -0.570. The van der Waals surface area contributed by atoms with E-state index >= 15 is 0 Å². The molecule has 0 bridgehead atoms. The number of carbonyl (C=O) groups is 1. The number of carboxylic acid groups (broad SMARTS) is 1. The number of nitrogens with zero attached hydrogens (tertiary/aromatic N) is 1. The van der Waals surface area contributed by atoms with E-state index in [2.05, 4.69) is 11.8 Å². The summed E-state index contributed by atoms with van der Waals surface area (Å²) in [7, 11) is 0. The number of piperidine rings is 1. The van der Waals surface area contributed by atoms with E-state index in [0.29, 0.717) is 0 Å². The van der Waals surface area contributed by atoms with Gasteiger partial charge in [-0.1, -0.05) is 13.3 Å². The molecule has 0 aromatic heterocycles. The first-order valence-electron chi connectivity index (χ1n) is 5.17. The summed E-state index contributed by atoms with van der Waals surface area (Å²) >= 11 is 0. The van der Waals surface area contributed by atoms with Gasteiger partial charge in [0, 0.05) is 11.9 Å². The van der Waals surface area contributed by atoms with Gasteiger partial charge in [-0.2, -0.15) is 0 Å². The minimum atomic E-state index is -0.866. The first-order valence-corrected chi connectivity index (χ1v) is 5.17. The smallest absolute Gasteiger partial charge is 0.0446 e. The van der Waals surface area contributed by atoms with Gasteiger partial charge in [-0.05, 0) is 38.9 Å². The van der Waals surface area contributed by atoms with Crippen LogP contribution in [0.5, 0.6) is 0 Å². The third-order valence-corrected chi connectivity index (χ3v) is 2.75. The van der Waals surface area contributed by atoms with E-state index in [1.165, 1.54) is 12.8 Å². The second-order valence-electron chi connectivity index (χ2n) is 3.79. The summed E-state index contributed by atoms with van der Waals surface area (Å²) in [5.74, 6) is -1.06. The number of hydrogen-bond acceptors (Lipinski definition) is 3. The number of carboxylic acids is 1. The molecule has 0 aromatic rings. The van der Waals surface area contributed by atoms with Crippen molar-refractivity contribution in [3.05, 3.63) is 0 Å². The van der Waals surface area contributed by atoms with Gasteiger partial charge in [-0.25, -0.2) is 0 Å². The summed E-state index contributed by atoms with van der Waals surface area (Å²) in [6, 6.07) is 0. The van der Waals surface area contributed by atoms with Crippen LogP contribution in [0.1, 0.15) is 32.6 Å². The third-order valence-electron chi connectivity index (χ3n) is 2.75. The summed E-state index contributed by atoms with van der Waals surface area (Å²) in [5.41, 5.74) is 0. The van der Waals surface area contributed by atoms with E-state index in [4.69, 9.17) is 0 Å². The van der Waals surface area contributed by atoms with Crippen molar-refractivity contribution in [3.63, 3.8) is 0 Å². The Balaban J connectivity index is 2.18. The van der Waals surface area contributed by atoms with Crippen molar-refractivity contribution in [2.45, 2.75) is 32.6 Å². The highest BCUT2D eigenvalue weighted by molar-refractivity contribution is 5.67. The van der Waals surface area contributed by atoms with Crippen molar-refractivity contribution >= 4 is 5.97 Å². The molecule has 0 N–H and O–H groups in total. The van der Waals surface area contributed by atoms with Gasteiger partial charge in [0.25, 0.3) is 0 Å². The van der Waals surface area contributed by atoms with Crippen LogP contribution >= 0.6 is 0 Å². The molecular formula is C10H18NO2-. The standard InChI is InChI=1S/C10H19NO2/c1-2-3-6-11-7-4-9(5-8-11)10(12)13/h9H,2-8H2,1H3,(H,12,13)/p-1. The van der Waals surface area contributed by atoms with Crippen LogP contribution in [0.15, 0.2) is 0 Å². The second-order valence-corrected chi connectivity index (χ2v) is 3.79. The van der Waals surface area contributed by atoms with Crippen LogP contribution in [0.25, 0.3) is 0 Å². The van der Waals surface area contributed by atoms with Crippen LogP contribution in [0.4, 0.5) is 0 Å². The van der Waals surface area contributed by atoms with Gasteiger partial charge in [0.05, 0.1) is 0 Å². The summed E-state index contributed by atoms with van der Waals surface area (Å²) in [6.07, 6.45) is 3.97. The Morgan fingerprint density at radius 2 is 2.08 bits per heavy atom. The summed E-state index contributed by atoms with van der Waals surface area (Å²) in [6.45, 7) is 5.15. The molecule has 3 heteroatoms.